The van der Waals surface area contributed by atoms with Gasteiger partial charge in [-0.15, -0.1) is 0 Å². The normalized spacial score (nSPS) is 13.2. The highest BCUT2D eigenvalue weighted by Gasteiger charge is 2.30. The lowest BCUT2D eigenvalue weighted by Gasteiger charge is -2.32. The summed E-state index contributed by atoms with van der Waals surface area (Å²) in [7, 11) is -1.01. The van der Waals surface area contributed by atoms with E-state index in [1.54, 1.807) is 0 Å². The van der Waals surface area contributed by atoms with Gasteiger partial charge in [-0.05, 0) is 90.7 Å². The van der Waals surface area contributed by atoms with Crippen LogP contribution in [0.2, 0.25) is 0 Å². The SMILES string of the molecule is CC(C)(C)c1cc(P(c2cc(C(C)(C)C)cc(C(C)(C)C)c2)c2ccc3ccccc3c2-c2cc3ccccc3o2)cc(C(C)(C)C)c1. The zero-order valence-electron chi connectivity index (χ0n) is 31.2. The van der Waals surface area contributed by atoms with Gasteiger partial charge < -0.3 is 4.42 Å². The molecule has 0 N–H and O–H groups in total. The van der Waals surface area contributed by atoms with Crippen molar-refractivity contribution in [2.45, 2.75) is 105 Å². The number of benzene rings is 5. The predicted molar refractivity (Wildman–Crippen MR) is 213 cm³/mol. The van der Waals surface area contributed by atoms with E-state index < -0.39 is 7.92 Å². The monoisotopic (exact) mass is 652 g/mol. The van der Waals surface area contributed by atoms with Gasteiger partial charge in [0.1, 0.15) is 11.3 Å². The Hall–Kier alpha value is -3.67. The van der Waals surface area contributed by atoms with Crippen molar-refractivity contribution in [2.75, 3.05) is 0 Å². The molecule has 1 aromatic heterocycles. The highest BCUT2D eigenvalue weighted by atomic mass is 31.1. The first kappa shape index (κ1) is 34.2. The Kier molecular flexibility index (Phi) is 8.57. The van der Waals surface area contributed by atoms with E-state index in [1.165, 1.54) is 54.5 Å². The maximum absolute atomic E-state index is 6.75. The van der Waals surface area contributed by atoms with Crippen LogP contribution in [0, 0.1) is 0 Å². The van der Waals surface area contributed by atoms with E-state index >= 15 is 0 Å². The zero-order chi connectivity index (χ0) is 34.8. The van der Waals surface area contributed by atoms with Crippen molar-refractivity contribution in [3.63, 3.8) is 0 Å². The first-order valence-corrected chi connectivity index (χ1v) is 18.8. The highest BCUT2D eigenvalue weighted by molar-refractivity contribution is 7.80. The second-order valence-corrected chi connectivity index (χ2v) is 19.9. The van der Waals surface area contributed by atoms with E-state index in [0.717, 1.165) is 16.7 Å². The van der Waals surface area contributed by atoms with Crippen LogP contribution in [0.1, 0.15) is 105 Å². The van der Waals surface area contributed by atoms with Gasteiger partial charge in [0, 0.05) is 10.9 Å². The lowest BCUT2D eigenvalue weighted by molar-refractivity contribution is 0.569. The maximum atomic E-state index is 6.75. The van der Waals surface area contributed by atoms with Crippen molar-refractivity contribution in [1.29, 1.82) is 0 Å². The molecule has 0 fully saturated rings. The Labute approximate surface area is 290 Å². The molecule has 6 aromatic rings. The number of rotatable bonds is 4. The number of para-hydroxylation sites is 1. The third kappa shape index (κ3) is 6.77. The summed E-state index contributed by atoms with van der Waals surface area (Å²) in [5.41, 5.74) is 7.67. The molecule has 0 saturated carbocycles. The first-order valence-electron chi connectivity index (χ1n) is 17.4. The quantitative estimate of drug-likeness (QED) is 0.173. The van der Waals surface area contributed by atoms with Gasteiger partial charge >= 0.3 is 0 Å². The fraction of sp³-hybridized carbons (Fsp3) is 0.348. The van der Waals surface area contributed by atoms with Crippen LogP contribution in [0.4, 0.5) is 0 Å². The molecule has 0 amide bonds. The van der Waals surface area contributed by atoms with Gasteiger partial charge in [0.2, 0.25) is 0 Å². The zero-order valence-corrected chi connectivity index (χ0v) is 32.1. The molecule has 0 radical (unpaired) electrons. The third-order valence-corrected chi connectivity index (χ3v) is 12.0. The summed E-state index contributed by atoms with van der Waals surface area (Å²) in [4.78, 5) is 0. The number of hydrogen-bond acceptors (Lipinski definition) is 1. The van der Waals surface area contributed by atoms with Gasteiger partial charge in [0.15, 0.2) is 0 Å². The Balaban J connectivity index is 1.78. The minimum atomic E-state index is -1.01. The average molecular weight is 653 g/mol. The van der Waals surface area contributed by atoms with Crippen molar-refractivity contribution in [3.8, 4) is 11.3 Å². The summed E-state index contributed by atoms with van der Waals surface area (Å²) in [6.07, 6.45) is 0. The van der Waals surface area contributed by atoms with Crippen LogP contribution in [0.25, 0.3) is 33.1 Å². The smallest absolute Gasteiger partial charge is 0.136 e. The van der Waals surface area contributed by atoms with Crippen LogP contribution < -0.4 is 15.9 Å². The summed E-state index contributed by atoms with van der Waals surface area (Å²) in [5, 5.41) is 7.70. The fourth-order valence-corrected chi connectivity index (χ4v) is 9.06. The summed E-state index contributed by atoms with van der Waals surface area (Å²) >= 11 is 0. The summed E-state index contributed by atoms with van der Waals surface area (Å²) in [6, 6.07) is 39.1. The van der Waals surface area contributed by atoms with E-state index in [9.17, 15) is 0 Å². The van der Waals surface area contributed by atoms with Crippen LogP contribution in [0.15, 0.2) is 108 Å². The van der Waals surface area contributed by atoms with E-state index in [4.69, 9.17) is 4.42 Å². The van der Waals surface area contributed by atoms with Crippen LogP contribution >= 0.6 is 7.92 Å². The van der Waals surface area contributed by atoms with Gasteiger partial charge in [-0.25, -0.2) is 0 Å². The molecular formula is C46H53OP. The van der Waals surface area contributed by atoms with E-state index in [-0.39, 0.29) is 21.7 Å². The van der Waals surface area contributed by atoms with Gasteiger partial charge in [-0.2, -0.15) is 0 Å². The highest BCUT2D eigenvalue weighted by Crippen LogP contribution is 2.44. The molecule has 0 unspecified atom stereocenters. The maximum Gasteiger partial charge on any atom is 0.136 e. The Morgan fingerprint density at radius 3 is 1.33 bits per heavy atom. The van der Waals surface area contributed by atoms with Crippen molar-refractivity contribution in [1.82, 2.24) is 0 Å². The van der Waals surface area contributed by atoms with E-state index in [2.05, 4.69) is 186 Å². The predicted octanol–water partition coefficient (Wildman–Crippen LogP) is 12.2. The molecule has 1 heterocycles. The molecule has 0 aliphatic heterocycles. The fourth-order valence-electron chi connectivity index (χ4n) is 6.45. The summed E-state index contributed by atoms with van der Waals surface area (Å²) in [6.45, 7) is 28.1. The second-order valence-electron chi connectivity index (χ2n) is 17.7. The standard InChI is InChI=1S/C46H53OP/c1-43(2,3)32-24-33(44(4,5)6)27-36(26-32)48(37-28-34(45(7,8)9)25-35(29-37)46(10,11)12)41-22-21-30-17-13-15-19-38(30)42(41)40-23-31-18-14-16-20-39(31)47-40/h13-29H,1-12H3. The number of fused-ring (bicyclic) bond motifs is 2. The van der Waals surface area contributed by atoms with Crippen molar-refractivity contribution < 1.29 is 4.42 Å². The van der Waals surface area contributed by atoms with Gasteiger partial charge in [0.25, 0.3) is 0 Å². The second kappa shape index (κ2) is 12.0. The molecule has 1 nitrogen and oxygen atoms in total. The third-order valence-electron chi connectivity index (χ3n) is 9.64. The molecule has 5 aromatic carbocycles. The Bertz CT molecular complexity index is 1940. The Morgan fingerprint density at radius 2 is 0.875 bits per heavy atom. The van der Waals surface area contributed by atoms with Gasteiger partial charge in [-0.3, -0.25) is 0 Å². The summed E-state index contributed by atoms with van der Waals surface area (Å²) < 4.78 is 6.75. The van der Waals surface area contributed by atoms with Crippen molar-refractivity contribution >= 4 is 45.6 Å². The van der Waals surface area contributed by atoms with Crippen LogP contribution in [-0.4, -0.2) is 0 Å². The molecule has 6 rings (SSSR count). The Morgan fingerprint density at radius 1 is 0.438 bits per heavy atom. The topological polar surface area (TPSA) is 13.1 Å². The van der Waals surface area contributed by atoms with E-state index in [1.807, 2.05) is 0 Å². The lowest BCUT2D eigenvalue weighted by atomic mass is 9.81. The molecule has 48 heavy (non-hydrogen) atoms. The number of hydrogen-bond donors (Lipinski definition) is 0. The molecule has 2 heteroatoms. The van der Waals surface area contributed by atoms with Crippen molar-refractivity contribution in [2.24, 2.45) is 0 Å². The largest absolute Gasteiger partial charge is 0.456 e. The minimum Gasteiger partial charge on any atom is -0.456 e. The van der Waals surface area contributed by atoms with Crippen LogP contribution in [-0.2, 0) is 21.7 Å². The minimum absolute atomic E-state index is 0.00575. The molecule has 0 saturated heterocycles. The van der Waals surface area contributed by atoms with Crippen LogP contribution in [0.5, 0.6) is 0 Å². The molecular weight excluding hydrogens is 599 g/mol. The molecule has 0 bridgehead atoms. The van der Waals surface area contributed by atoms with Gasteiger partial charge in [-0.1, -0.05) is 174 Å². The molecule has 0 aliphatic carbocycles. The van der Waals surface area contributed by atoms with Crippen LogP contribution in [0.3, 0.4) is 0 Å². The van der Waals surface area contributed by atoms with Crippen molar-refractivity contribution in [3.05, 3.63) is 125 Å². The average Bonchev–Trinajstić information content (AvgIpc) is 3.43. The molecule has 0 aliphatic rings. The molecule has 248 valence electrons. The van der Waals surface area contributed by atoms with Gasteiger partial charge in [0.05, 0.1) is 0 Å². The molecule has 0 atom stereocenters. The number of furan rings is 1. The molecule has 0 spiro atoms. The summed E-state index contributed by atoms with van der Waals surface area (Å²) in [5.74, 6) is 0.932. The first-order chi connectivity index (χ1) is 22.3. The van der Waals surface area contributed by atoms with E-state index in [0.29, 0.717) is 0 Å². The lowest BCUT2D eigenvalue weighted by Crippen LogP contribution is -2.28.